The number of unbranched alkanes of at least 4 members (excludes halogenated alkanes) is 3. The van der Waals surface area contributed by atoms with Crippen LogP contribution >= 0.6 is 23.1 Å². The lowest BCUT2D eigenvalue weighted by atomic mass is 10.1. The fraction of sp³-hybridized carbons (Fsp3) is 0.500. The van der Waals surface area contributed by atoms with E-state index >= 15 is 0 Å². The van der Waals surface area contributed by atoms with Crippen molar-refractivity contribution in [3.8, 4) is 11.5 Å². The van der Waals surface area contributed by atoms with Crippen LogP contribution in [-0.4, -0.2) is 30.3 Å². The molecule has 0 fully saturated rings. The van der Waals surface area contributed by atoms with Gasteiger partial charge in [0.2, 0.25) is 11.0 Å². The number of aromatic nitrogens is 2. The molecule has 1 aromatic carbocycles. The summed E-state index contributed by atoms with van der Waals surface area (Å²) in [6, 6.07) is 5.78. The quantitative estimate of drug-likeness (QED) is 0.336. The Hall–Kier alpha value is -1.80. The van der Waals surface area contributed by atoms with Crippen LogP contribution in [0, 0.1) is 0 Å². The van der Waals surface area contributed by atoms with Crippen LogP contribution in [0.1, 0.15) is 44.6 Å². The molecule has 1 aromatic heterocycles. The van der Waals surface area contributed by atoms with Gasteiger partial charge in [-0.1, -0.05) is 49.3 Å². The first-order chi connectivity index (χ1) is 12.6. The molecule has 6 nitrogen and oxygen atoms in total. The molecule has 0 atom stereocenters. The molecular formula is C18H25N3O3S2. The van der Waals surface area contributed by atoms with Crippen LogP contribution < -0.4 is 14.8 Å². The number of thioether (sulfide) groups is 1. The highest BCUT2D eigenvalue weighted by molar-refractivity contribution is 8.00. The number of amides is 1. The van der Waals surface area contributed by atoms with Crippen molar-refractivity contribution >= 4 is 34.1 Å². The molecule has 26 heavy (non-hydrogen) atoms. The maximum atomic E-state index is 11.9. The molecule has 0 saturated heterocycles. The van der Waals surface area contributed by atoms with Crippen molar-refractivity contribution in [2.24, 2.45) is 0 Å². The fourth-order valence-corrected chi connectivity index (χ4v) is 4.01. The van der Waals surface area contributed by atoms with Gasteiger partial charge in [0, 0.05) is 18.2 Å². The van der Waals surface area contributed by atoms with E-state index in [0.29, 0.717) is 17.3 Å². The Labute approximate surface area is 162 Å². The number of nitrogens with one attached hydrogen (secondary N) is 1. The van der Waals surface area contributed by atoms with Crippen molar-refractivity contribution in [2.75, 3.05) is 19.5 Å². The maximum absolute atomic E-state index is 11.9. The third-order valence-electron chi connectivity index (χ3n) is 3.68. The van der Waals surface area contributed by atoms with Crippen molar-refractivity contribution in [1.82, 2.24) is 10.2 Å². The Kier molecular flexibility index (Phi) is 8.70. The van der Waals surface area contributed by atoms with Crippen molar-refractivity contribution in [2.45, 2.75) is 49.1 Å². The Morgan fingerprint density at radius 2 is 1.85 bits per heavy atom. The lowest BCUT2D eigenvalue weighted by molar-refractivity contribution is -0.116. The molecule has 0 spiro atoms. The molecule has 8 heteroatoms. The van der Waals surface area contributed by atoms with Crippen molar-refractivity contribution < 1.29 is 14.3 Å². The van der Waals surface area contributed by atoms with Gasteiger partial charge in [-0.05, 0) is 24.1 Å². The number of hydrogen-bond acceptors (Lipinski definition) is 7. The first kappa shape index (κ1) is 20.5. The minimum Gasteiger partial charge on any atom is -0.497 e. The highest BCUT2D eigenvalue weighted by Crippen LogP contribution is 2.31. The molecule has 2 rings (SSSR count). The van der Waals surface area contributed by atoms with E-state index in [0.717, 1.165) is 40.7 Å². The molecule has 1 amide bonds. The maximum Gasteiger partial charge on any atom is 0.226 e. The van der Waals surface area contributed by atoms with Gasteiger partial charge in [-0.25, -0.2) is 0 Å². The molecule has 0 aliphatic heterocycles. The van der Waals surface area contributed by atoms with E-state index in [1.165, 1.54) is 17.8 Å². The largest absolute Gasteiger partial charge is 0.497 e. The zero-order valence-electron chi connectivity index (χ0n) is 15.4. The smallest absolute Gasteiger partial charge is 0.226 e. The number of carbonyl (C=O) groups excluding carboxylic acids is 1. The molecule has 2 aromatic rings. The fourth-order valence-electron chi connectivity index (χ4n) is 2.31. The van der Waals surface area contributed by atoms with Gasteiger partial charge in [-0.3, -0.25) is 4.79 Å². The van der Waals surface area contributed by atoms with Crippen LogP contribution in [0.3, 0.4) is 0 Å². The number of methoxy groups -OCH3 is 2. The first-order valence-electron chi connectivity index (χ1n) is 8.62. The van der Waals surface area contributed by atoms with E-state index in [4.69, 9.17) is 9.47 Å². The second kappa shape index (κ2) is 11.0. The zero-order valence-corrected chi connectivity index (χ0v) is 17.0. The van der Waals surface area contributed by atoms with Gasteiger partial charge in [0.1, 0.15) is 11.5 Å². The van der Waals surface area contributed by atoms with E-state index in [-0.39, 0.29) is 5.91 Å². The number of rotatable bonds is 11. The van der Waals surface area contributed by atoms with Crippen LogP contribution in [0.4, 0.5) is 5.13 Å². The van der Waals surface area contributed by atoms with Crippen LogP contribution in [0.15, 0.2) is 22.5 Å². The SMILES string of the molecule is CCCCCCC(=O)Nc1nnc(SCc2cc(OC)cc(OC)c2)s1. The summed E-state index contributed by atoms with van der Waals surface area (Å²) < 4.78 is 11.4. The second-order valence-electron chi connectivity index (χ2n) is 5.74. The minimum atomic E-state index is 0.00587. The number of hydrogen-bond donors (Lipinski definition) is 1. The van der Waals surface area contributed by atoms with Crippen LogP contribution in [0.2, 0.25) is 0 Å². The van der Waals surface area contributed by atoms with E-state index in [1.54, 1.807) is 26.0 Å². The Morgan fingerprint density at radius 1 is 1.12 bits per heavy atom. The second-order valence-corrected chi connectivity index (χ2v) is 7.94. The first-order valence-corrected chi connectivity index (χ1v) is 10.4. The Balaban J connectivity index is 1.84. The summed E-state index contributed by atoms with van der Waals surface area (Å²) >= 11 is 2.96. The molecule has 0 aliphatic rings. The zero-order chi connectivity index (χ0) is 18.8. The molecular weight excluding hydrogens is 370 g/mol. The molecule has 0 saturated carbocycles. The normalized spacial score (nSPS) is 10.6. The van der Waals surface area contributed by atoms with Gasteiger partial charge >= 0.3 is 0 Å². The number of nitrogens with zero attached hydrogens (tertiary/aromatic N) is 2. The predicted molar refractivity (Wildman–Crippen MR) is 106 cm³/mol. The van der Waals surface area contributed by atoms with Crippen molar-refractivity contribution in [1.29, 1.82) is 0 Å². The molecule has 0 bridgehead atoms. The van der Waals surface area contributed by atoms with Crippen LogP contribution in [-0.2, 0) is 10.5 Å². The molecule has 0 radical (unpaired) electrons. The van der Waals surface area contributed by atoms with Crippen LogP contribution in [0.5, 0.6) is 11.5 Å². The summed E-state index contributed by atoms with van der Waals surface area (Å²) in [5.41, 5.74) is 1.07. The number of anilines is 1. The standard InChI is InChI=1S/C18H25N3O3S2/c1-4-5-6-7-8-16(22)19-17-20-21-18(26-17)25-12-13-9-14(23-2)11-15(10-13)24-3/h9-11H,4-8,12H2,1-3H3,(H,19,20,22). The lowest BCUT2D eigenvalue weighted by Gasteiger charge is -2.07. The summed E-state index contributed by atoms with van der Waals surface area (Å²) in [6.07, 6.45) is 4.87. The van der Waals surface area contributed by atoms with Crippen molar-refractivity contribution in [3.05, 3.63) is 23.8 Å². The van der Waals surface area contributed by atoms with Crippen molar-refractivity contribution in [3.63, 3.8) is 0 Å². The summed E-state index contributed by atoms with van der Waals surface area (Å²) in [6.45, 7) is 2.15. The van der Waals surface area contributed by atoms with Gasteiger partial charge in [-0.2, -0.15) is 0 Å². The van der Waals surface area contributed by atoms with Crippen LogP contribution in [0.25, 0.3) is 0 Å². The van der Waals surface area contributed by atoms with E-state index in [1.807, 2.05) is 18.2 Å². The monoisotopic (exact) mass is 395 g/mol. The number of ether oxygens (including phenoxy) is 2. The number of carbonyl (C=O) groups is 1. The molecule has 1 heterocycles. The van der Waals surface area contributed by atoms with Gasteiger partial charge in [0.05, 0.1) is 14.2 Å². The third-order valence-corrected chi connectivity index (χ3v) is 5.73. The highest BCUT2D eigenvalue weighted by atomic mass is 32.2. The average Bonchev–Trinajstić information content (AvgIpc) is 3.10. The summed E-state index contributed by atoms with van der Waals surface area (Å²) in [5, 5.41) is 11.6. The number of benzene rings is 1. The summed E-state index contributed by atoms with van der Waals surface area (Å²) in [7, 11) is 3.27. The topological polar surface area (TPSA) is 73.3 Å². The Morgan fingerprint density at radius 3 is 2.50 bits per heavy atom. The third kappa shape index (κ3) is 6.84. The highest BCUT2D eigenvalue weighted by Gasteiger charge is 2.10. The molecule has 142 valence electrons. The van der Waals surface area contributed by atoms with E-state index in [2.05, 4.69) is 22.4 Å². The van der Waals surface area contributed by atoms with E-state index in [9.17, 15) is 4.79 Å². The predicted octanol–water partition coefficient (Wildman–Crippen LogP) is 4.76. The summed E-state index contributed by atoms with van der Waals surface area (Å²) in [4.78, 5) is 11.9. The van der Waals surface area contributed by atoms with Gasteiger partial charge in [-0.15, -0.1) is 10.2 Å². The van der Waals surface area contributed by atoms with Gasteiger partial charge in [0.25, 0.3) is 0 Å². The molecule has 0 unspecified atom stereocenters. The Bertz CT molecular complexity index is 684. The van der Waals surface area contributed by atoms with E-state index < -0.39 is 0 Å². The minimum absolute atomic E-state index is 0.00587. The molecule has 0 aliphatic carbocycles. The van der Waals surface area contributed by atoms with Gasteiger partial charge < -0.3 is 14.8 Å². The molecule has 1 N–H and O–H groups in total. The summed E-state index contributed by atoms with van der Waals surface area (Å²) in [5.74, 6) is 2.24. The van der Waals surface area contributed by atoms with Gasteiger partial charge in [0.15, 0.2) is 4.34 Å². The average molecular weight is 396 g/mol. The lowest BCUT2D eigenvalue weighted by Crippen LogP contribution is -2.10.